The molecule has 2 fully saturated rings. The summed E-state index contributed by atoms with van der Waals surface area (Å²) >= 11 is 0. The van der Waals surface area contributed by atoms with Gasteiger partial charge in [-0.05, 0) is 44.4 Å². The standard InChI is InChI=1S/C15H23N3O/c1-17-9-2-5-13(17)14(19)18-10-4-7-15(12-18)6-3-8-16-11-15/h2,5,9,16H,3-4,6-8,10-12H2,1H3. The molecule has 1 amide bonds. The lowest BCUT2D eigenvalue weighted by molar-refractivity contribution is 0.0426. The van der Waals surface area contributed by atoms with Gasteiger partial charge in [0.05, 0.1) is 0 Å². The summed E-state index contributed by atoms with van der Waals surface area (Å²) in [6.45, 7) is 4.03. The van der Waals surface area contributed by atoms with E-state index in [2.05, 4.69) is 10.2 Å². The average Bonchev–Trinajstić information content (AvgIpc) is 2.85. The first-order valence-electron chi connectivity index (χ1n) is 7.32. The number of rotatable bonds is 1. The third-order valence-electron chi connectivity index (χ3n) is 4.67. The molecule has 1 N–H and O–H groups in total. The van der Waals surface area contributed by atoms with Crippen LogP contribution in [0.5, 0.6) is 0 Å². The molecular formula is C15H23N3O. The van der Waals surface area contributed by atoms with Gasteiger partial charge in [0, 0.05) is 38.3 Å². The molecule has 0 aromatic carbocycles. The van der Waals surface area contributed by atoms with Crippen molar-refractivity contribution in [3.05, 3.63) is 24.0 Å². The maximum atomic E-state index is 12.6. The molecule has 104 valence electrons. The Hall–Kier alpha value is -1.29. The largest absolute Gasteiger partial charge is 0.347 e. The summed E-state index contributed by atoms with van der Waals surface area (Å²) in [5, 5.41) is 3.51. The van der Waals surface area contributed by atoms with E-state index in [-0.39, 0.29) is 5.91 Å². The van der Waals surface area contributed by atoms with Crippen LogP contribution < -0.4 is 5.32 Å². The summed E-state index contributed by atoms with van der Waals surface area (Å²) < 4.78 is 1.92. The van der Waals surface area contributed by atoms with Crippen LogP contribution in [-0.2, 0) is 7.05 Å². The van der Waals surface area contributed by atoms with Crippen molar-refractivity contribution in [2.75, 3.05) is 26.2 Å². The van der Waals surface area contributed by atoms with Gasteiger partial charge in [0.1, 0.15) is 5.69 Å². The first kappa shape index (κ1) is 12.7. The molecule has 2 saturated heterocycles. The Balaban J connectivity index is 1.74. The number of nitrogens with one attached hydrogen (secondary N) is 1. The molecular weight excluding hydrogens is 238 g/mol. The van der Waals surface area contributed by atoms with E-state index in [4.69, 9.17) is 0 Å². The summed E-state index contributed by atoms with van der Waals surface area (Å²) in [7, 11) is 1.94. The van der Waals surface area contributed by atoms with Crippen LogP contribution in [0, 0.1) is 5.41 Å². The SMILES string of the molecule is Cn1cccc1C(=O)N1CCCC2(CCCNC2)C1. The molecule has 0 bridgehead atoms. The van der Waals surface area contributed by atoms with E-state index in [1.54, 1.807) is 0 Å². The predicted octanol–water partition coefficient (Wildman–Crippen LogP) is 1.63. The van der Waals surface area contributed by atoms with Gasteiger partial charge in [0.15, 0.2) is 0 Å². The lowest BCUT2D eigenvalue weighted by Gasteiger charge is -2.45. The average molecular weight is 261 g/mol. The Kier molecular flexibility index (Phi) is 3.35. The Morgan fingerprint density at radius 1 is 1.37 bits per heavy atom. The number of nitrogens with zero attached hydrogens (tertiary/aromatic N) is 2. The molecule has 3 heterocycles. The van der Waals surface area contributed by atoms with Crippen LogP contribution in [-0.4, -0.2) is 41.6 Å². The van der Waals surface area contributed by atoms with Gasteiger partial charge in [0.2, 0.25) is 0 Å². The quantitative estimate of drug-likeness (QED) is 0.834. The molecule has 3 rings (SSSR count). The molecule has 2 aliphatic heterocycles. The fourth-order valence-electron chi connectivity index (χ4n) is 3.61. The summed E-state index contributed by atoms with van der Waals surface area (Å²) in [5.74, 6) is 0.192. The molecule has 1 spiro atoms. The summed E-state index contributed by atoms with van der Waals surface area (Å²) in [4.78, 5) is 14.7. The highest BCUT2D eigenvalue weighted by molar-refractivity contribution is 5.92. The predicted molar refractivity (Wildman–Crippen MR) is 75.1 cm³/mol. The van der Waals surface area contributed by atoms with Crippen molar-refractivity contribution in [3.8, 4) is 0 Å². The minimum Gasteiger partial charge on any atom is -0.347 e. The number of amides is 1. The van der Waals surface area contributed by atoms with Crippen LogP contribution in [0.25, 0.3) is 0 Å². The maximum absolute atomic E-state index is 12.6. The molecule has 19 heavy (non-hydrogen) atoms. The Morgan fingerprint density at radius 2 is 2.21 bits per heavy atom. The molecule has 0 aliphatic carbocycles. The van der Waals surface area contributed by atoms with E-state index in [1.807, 2.05) is 29.9 Å². The van der Waals surface area contributed by atoms with Crippen molar-refractivity contribution in [1.82, 2.24) is 14.8 Å². The van der Waals surface area contributed by atoms with Gasteiger partial charge in [-0.25, -0.2) is 0 Å². The van der Waals surface area contributed by atoms with E-state index >= 15 is 0 Å². The molecule has 0 saturated carbocycles. The van der Waals surface area contributed by atoms with E-state index in [1.165, 1.54) is 19.3 Å². The molecule has 1 aromatic rings. The van der Waals surface area contributed by atoms with Crippen LogP contribution in [0.3, 0.4) is 0 Å². The molecule has 1 aromatic heterocycles. The van der Waals surface area contributed by atoms with Gasteiger partial charge in [-0.2, -0.15) is 0 Å². The molecule has 4 nitrogen and oxygen atoms in total. The van der Waals surface area contributed by atoms with Crippen molar-refractivity contribution in [2.24, 2.45) is 12.5 Å². The number of hydrogen-bond donors (Lipinski definition) is 1. The van der Waals surface area contributed by atoms with E-state index in [9.17, 15) is 4.79 Å². The van der Waals surface area contributed by atoms with Gasteiger partial charge in [-0.3, -0.25) is 4.79 Å². The Morgan fingerprint density at radius 3 is 2.89 bits per heavy atom. The monoisotopic (exact) mass is 261 g/mol. The minimum absolute atomic E-state index is 0.192. The number of carbonyl (C=O) groups is 1. The fourth-order valence-corrected chi connectivity index (χ4v) is 3.61. The second kappa shape index (κ2) is 5.00. The van der Waals surface area contributed by atoms with E-state index < -0.39 is 0 Å². The molecule has 1 atom stereocenters. The third kappa shape index (κ3) is 2.41. The van der Waals surface area contributed by atoms with Crippen LogP contribution in [0.2, 0.25) is 0 Å². The number of piperidine rings is 2. The van der Waals surface area contributed by atoms with Gasteiger partial charge >= 0.3 is 0 Å². The van der Waals surface area contributed by atoms with Gasteiger partial charge in [-0.15, -0.1) is 0 Å². The number of aryl methyl sites for hydroxylation is 1. The molecule has 4 heteroatoms. The van der Waals surface area contributed by atoms with Crippen molar-refractivity contribution >= 4 is 5.91 Å². The third-order valence-corrected chi connectivity index (χ3v) is 4.67. The smallest absolute Gasteiger partial charge is 0.270 e. The van der Waals surface area contributed by atoms with Crippen LogP contribution in [0.1, 0.15) is 36.2 Å². The Bertz CT molecular complexity index is 454. The van der Waals surface area contributed by atoms with Crippen LogP contribution >= 0.6 is 0 Å². The normalized spacial score (nSPS) is 27.7. The number of hydrogen-bond acceptors (Lipinski definition) is 2. The second-order valence-electron chi connectivity index (χ2n) is 6.11. The minimum atomic E-state index is 0.192. The van der Waals surface area contributed by atoms with Crippen LogP contribution in [0.4, 0.5) is 0 Å². The maximum Gasteiger partial charge on any atom is 0.270 e. The first-order valence-corrected chi connectivity index (χ1v) is 7.32. The lowest BCUT2D eigenvalue weighted by Crippen LogP contribution is -2.52. The highest BCUT2D eigenvalue weighted by Crippen LogP contribution is 2.36. The van der Waals surface area contributed by atoms with Crippen molar-refractivity contribution < 1.29 is 4.79 Å². The highest BCUT2D eigenvalue weighted by Gasteiger charge is 2.38. The molecule has 1 unspecified atom stereocenters. The zero-order valence-corrected chi connectivity index (χ0v) is 11.7. The van der Waals surface area contributed by atoms with Crippen LogP contribution in [0.15, 0.2) is 18.3 Å². The van der Waals surface area contributed by atoms with Crippen molar-refractivity contribution in [2.45, 2.75) is 25.7 Å². The summed E-state index contributed by atoms with van der Waals surface area (Å²) in [6, 6.07) is 3.86. The highest BCUT2D eigenvalue weighted by atomic mass is 16.2. The summed E-state index contributed by atoms with van der Waals surface area (Å²) in [6.07, 6.45) is 6.84. The number of carbonyl (C=O) groups excluding carboxylic acids is 1. The zero-order chi connectivity index (χ0) is 13.3. The first-order chi connectivity index (χ1) is 9.20. The van der Waals surface area contributed by atoms with Gasteiger partial charge < -0.3 is 14.8 Å². The van der Waals surface area contributed by atoms with Gasteiger partial charge in [0.25, 0.3) is 5.91 Å². The fraction of sp³-hybridized carbons (Fsp3) is 0.667. The van der Waals surface area contributed by atoms with Crippen molar-refractivity contribution in [3.63, 3.8) is 0 Å². The Labute approximate surface area is 114 Å². The lowest BCUT2D eigenvalue weighted by atomic mass is 9.74. The van der Waals surface area contributed by atoms with E-state index in [0.29, 0.717) is 5.41 Å². The number of aromatic nitrogens is 1. The topological polar surface area (TPSA) is 37.3 Å². The van der Waals surface area contributed by atoms with Gasteiger partial charge in [-0.1, -0.05) is 0 Å². The van der Waals surface area contributed by atoms with E-state index in [0.717, 1.165) is 38.3 Å². The zero-order valence-electron chi connectivity index (χ0n) is 11.7. The second-order valence-corrected chi connectivity index (χ2v) is 6.11. The summed E-state index contributed by atoms with van der Waals surface area (Å²) in [5.41, 5.74) is 1.14. The molecule has 2 aliphatic rings. The van der Waals surface area contributed by atoms with Crippen molar-refractivity contribution in [1.29, 1.82) is 0 Å². The molecule has 0 radical (unpaired) electrons. The number of likely N-dealkylation sites (tertiary alicyclic amines) is 1.